The molecule has 0 aliphatic carbocycles. The zero-order chi connectivity index (χ0) is 29.2. The Balaban J connectivity index is 1.30. The number of pyridine rings is 1. The van der Waals surface area contributed by atoms with E-state index in [4.69, 9.17) is 0 Å². The summed E-state index contributed by atoms with van der Waals surface area (Å²) in [5, 5.41) is 8.23. The molecule has 1 aromatic heterocycles. The van der Waals surface area contributed by atoms with Gasteiger partial charge in [0, 0.05) is 29.7 Å². The molecule has 1 N–H and O–H groups in total. The van der Waals surface area contributed by atoms with Gasteiger partial charge < -0.3 is 5.32 Å². The van der Waals surface area contributed by atoms with Gasteiger partial charge in [-0.3, -0.25) is 14.7 Å². The number of nitrogens with zero attached hydrogens (tertiary/aromatic N) is 2. The second kappa shape index (κ2) is 12.2. The molecule has 1 amide bonds. The standard InChI is InChI=1S/C38H36N3OP/c1-2-27-26-41-24-22-28(27)25-35(41)37(32-21-23-39-34-19-11-9-17-31(32)34)40-38(42)33-18-10-12-20-36(33)43(29-13-5-3-6-14-29)30-15-7-4-8-16-30/h2-21,23,27-28,35,37H,1,22,24-26H2,(H,40,42). The topological polar surface area (TPSA) is 45.2 Å². The lowest BCUT2D eigenvalue weighted by atomic mass is 9.73. The number of carbonyl (C=O) groups excluding carboxylic acids is 1. The van der Waals surface area contributed by atoms with Gasteiger partial charge in [-0.2, -0.15) is 0 Å². The molecule has 0 saturated carbocycles. The fourth-order valence-corrected chi connectivity index (χ4v) is 9.60. The van der Waals surface area contributed by atoms with E-state index in [1.807, 2.05) is 36.5 Å². The van der Waals surface area contributed by atoms with Crippen molar-refractivity contribution < 1.29 is 4.79 Å². The largest absolute Gasteiger partial charge is 0.344 e. The number of fused-ring (bicyclic) bond motifs is 4. The highest BCUT2D eigenvalue weighted by atomic mass is 31.1. The minimum absolute atomic E-state index is 0.0243. The molecule has 3 aliphatic rings. The average Bonchev–Trinajstić information content (AvgIpc) is 3.08. The van der Waals surface area contributed by atoms with Crippen molar-refractivity contribution in [1.29, 1.82) is 0 Å². The van der Waals surface area contributed by atoms with Crippen molar-refractivity contribution >= 4 is 40.6 Å². The maximum atomic E-state index is 14.6. The molecular formula is C38H36N3OP. The van der Waals surface area contributed by atoms with Crippen molar-refractivity contribution in [1.82, 2.24) is 15.2 Å². The summed E-state index contributed by atoms with van der Waals surface area (Å²) >= 11 is 0. The Bertz CT molecular complexity index is 1700. The first-order valence-electron chi connectivity index (χ1n) is 15.2. The Kier molecular flexibility index (Phi) is 7.89. The molecule has 0 radical (unpaired) electrons. The van der Waals surface area contributed by atoms with Crippen molar-refractivity contribution in [2.45, 2.75) is 24.9 Å². The fraction of sp³-hybridized carbons (Fsp3) is 0.211. The van der Waals surface area contributed by atoms with Gasteiger partial charge in [0.15, 0.2) is 0 Å². The monoisotopic (exact) mass is 581 g/mol. The van der Waals surface area contributed by atoms with Crippen LogP contribution in [-0.2, 0) is 0 Å². The summed E-state index contributed by atoms with van der Waals surface area (Å²) in [6.07, 6.45) is 6.25. The molecule has 5 heteroatoms. The Hall–Kier alpha value is -4.11. The number of amides is 1. The normalized spacial score (nSPS) is 21.9. The van der Waals surface area contributed by atoms with Gasteiger partial charge in [0.1, 0.15) is 0 Å². The van der Waals surface area contributed by atoms with E-state index in [1.54, 1.807) is 0 Å². The van der Waals surface area contributed by atoms with Crippen LogP contribution in [0.5, 0.6) is 0 Å². The van der Waals surface area contributed by atoms with Crippen LogP contribution in [-0.4, -0.2) is 34.9 Å². The molecule has 2 bridgehead atoms. The van der Waals surface area contributed by atoms with Crippen molar-refractivity contribution in [2.75, 3.05) is 13.1 Å². The number of para-hydroxylation sites is 1. The lowest BCUT2D eigenvalue weighted by molar-refractivity contribution is 0.00171. The molecule has 5 unspecified atom stereocenters. The number of hydrogen-bond donors (Lipinski definition) is 1. The highest BCUT2D eigenvalue weighted by Gasteiger charge is 2.43. The number of rotatable bonds is 8. The zero-order valence-electron chi connectivity index (χ0n) is 24.2. The van der Waals surface area contributed by atoms with Gasteiger partial charge in [-0.25, -0.2) is 0 Å². The summed E-state index contributed by atoms with van der Waals surface area (Å²) < 4.78 is 0. The molecular weight excluding hydrogens is 545 g/mol. The molecule has 4 aromatic carbocycles. The Morgan fingerprint density at radius 1 is 0.884 bits per heavy atom. The maximum Gasteiger partial charge on any atom is 0.252 e. The molecule has 3 aliphatic heterocycles. The van der Waals surface area contributed by atoms with Crippen LogP contribution in [0.25, 0.3) is 10.9 Å². The summed E-state index contributed by atoms with van der Waals surface area (Å²) in [4.78, 5) is 21.8. The third-order valence-electron chi connectivity index (χ3n) is 9.26. The van der Waals surface area contributed by atoms with Crippen LogP contribution in [0.2, 0.25) is 0 Å². The van der Waals surface area contributed by atoms with E-state index < -0.39 is 7.92 Å². The first-order valence-corrected chi connectivity index (χ1v) is 16.6. The second-order valence-electron chi connectivity index (χ2n) is 11.6. The number of benzene rings is 4. The zero-order valence-corrected chi connectivity index (χ0v) is 25.1. The van der Waals surface area contributed by atoms with Crippen LogP contribution in [0.3, 0.4) is 0 Å². The van der Waals surface area contributed by atoms with Gasteiger partial charge in [-0.15, -0.1) is 6.58 Å². The fourth-order valence-electron chi connectivity index (χ4n) is 7.16. The first kappa shape index (κ1) is 27.7. The van der Waals surface area contributed by atoms with Crippen LogP contribution in [0.15, 0.2) is 134 Å². The highest BCUT2D eigenvalue weighted by Crippen LogP contribution is 2.42. The van der Waals surface area contributed by atoms with Gasteiger partial charge >= 0.3 is 0 Å². The Morgan fingerprint density at radius 2 is 1.56 bits per heavy atom. The van der Waals surface area contributed by atoms with Crippen molar-refractivity contribution in [3.63, 3.8) is 0 Å². The maximum absolute atomic E-state index is 14.6. The number of piperidine rings is 3. The molecule has 8 rings (SSSR count). The van der Waals surface area contributed by atoms with Crippen LogP contribution in [0, 0.1) is 11.8 Å². The smallest absolute Gasteiger partial charge is 0.252 e. The van der Waals surface area contributed by atoms with Gasteiger partial charge in [0.05, 0.1) is 11.6 Å². The number of nitrogens with one attached hydrogen (secondary N) is 1. The predicted molar refractivity (Wildman–Crippen MR) is 179 cm³/mol. The highest BCUT2D eigenvalue weighted by molar-refractivity contribution is 7.80. The summed E-state index contributed by atoms with van der Waals surface area (Å²) in [6.45, 7) is 6.19. The van der Waals surface area contributed by atoms with Crippen LogP contribution in [0.4, 0.5) is 0 Å². The Labute approximate surface area is 255 Å². The SMILES string of the molecule is C=CC1CN2CCC1CC2C(NC(=O)c1ccccc1P(c1ccccc1)c1ccccc1)c1ccnc2ccccc12. The van der Waals surface area contributed by atoms with E-state index in [1.165, 1.54) is 17.0 Å². The summed E-state index contributed by atoms with van der Waals surface area (Å²) in [7, 11) is -0.927. The van der Waals surface area contributed by atoms with Gasteiger partial charge in [0.25, 0.3) is 5.91 Å². The van der Waals surface area contributed by atoms with Crippen molar-refractivity contribution in [3.05, 3.63) is 145 Å². The summed E-state index contributed by atoms with van der Waals surface area (Å²) in [5.41, 5.74) is 2.83. The molecule has 5 atom stereocenters. The minimum atomic E-state index is -0.927. The molecule has 4 nitrogen and oxygen atoms in total. The van der Waals surface area contributed by atoms with Gasteiger partial charge in [-0.1, -0.05) is 103 Å². The lowest BCUT2D eigenvalue weighted by Gasteiger charge is -2.51. The van der Waals surface area contributed by atoms with E-state index in [-0.39, 0.29) is 18.0 Å². The third-order valence-corrected chi connectivity index (χ3v) is 11.8. The van der Waals surface area contributed by atoms with E-state index in [0.29, 0.717) is 11.8 Å². The van der Waals surface area contributed by atoms with E-state index in [2.05, 4.69) is 113 Å². The number of hydrogen-bond acceptors (Lipinski definition) is 3. The third kappa shape index (κ3) is 5.42. The molecule has 0 spiro atoms. The second-order valence-corrected chi connectivity index (χ2v) is 13.8. The summed E-state index contributed by atoms with van der Waals surface area (Å²) in [6, 6.07) is 39.8. The van der Waals surface area contributed by atoms with Crippen molar-refractivity contribution in [2.24, 2.45) is 11.8 Å². The quantitative estimate of drug-likeness (QED) is 0.171. The predicted octanol–water partition coefficient (Wildman–Crippen LogP) is 6.36. The molecule has 214 valence electrons. The first-order chi connectivity index (χ1) is 21.2. The molecule has 43 heavy (non-hydrogen) atoms. The van der Waals surface area contributed by atoms with Crippen LogP contribution in [0.1, 0.15) is 34.8 Å². The van der Waals surface area contributed by atoms with Gasteiger partial charge in [0.2, 0.25) is 0 Å². The molecule has 3 fully saturated rings. The van der Waals surface area contributed by atoms with E-state index >= 15 is 0 Å². The molecule has 4 heterocycles. The van der Waals surface area contributed by atoms with Crippen molar-refractivity contribution in [3.8, 4) is 0 Å². The van der Waals surface area contributed by atoms with Crippen LogP contribution >= 0.6 is 7.92 Å². The number of aromatic nitrogens is 1. The lowest BCUT2D eigenvalue weighted by Crippen LogP contribution is -2.57. The van der Waals surface area contributed by atoms with E-state index in [0.717, 1.165) is 46.8 Å². The molecule has 5 aromatic rings. The average molecular weight is 582 g/mol. The minimum Gasteiger partial charge on any atom is -0.344 e. The van der Waals surface area contributed by atoms with E-state index in [9.17, 15) is 4.79 Å². The molecule has 3 saturated heterocycles. The summed E-state index contributed by atoms with van der Waals surface area (Å²) in [5.74, 6) is 1.08. The van der Waals surface area contributed by atoms with Gasteiger partial charge in [-0.05, 0) is 78.8 Å². The van der Waals surface area contributed by atoms with Crippen LogP contribution < -0.4 is 21.2 Å². The number of carbonyl (C=O) groups is 1. The Morgan fingerprint density at radius 3 is 2.26 bits per heavy atom.